The number of alkyl halides is 4. The quantitative estimate of drug-likeness (QED) is 0.533. The van der Waals surface area contributed by atoms with Gasteiger partial charge in [-0.15, -0.1) is 0 Å². The third-order valence-corrected chi connectivity index (χ3v) is 4.15. The van der Waals surface area contributed by atoms with Gasteiger partial charge in [0, 0.05) is 5.75 Å². The van der Waals surface area contributed by atoms with Crippen molar-refractivity contribution in [3.8, 4) is 5.75 Å². The monoisotopic (exact) mass is 343 g/mol. The van der Waals surface area contributed by atoms with Crippen LogP contribution in [0, 0.1) is 0 Å². The van der Waals surface area contributed by atoms with Gasteiger partial charge in [0.2, 0.25) is 0 Å². The second-order valence-electron chi connectivity index (χ2n) is 4.33. The van der Waals surface area contributed by atoms with Crippen LogP contribution in [0.1, 0.15) is 17.4 Å². The van der Waals surface area contributed by atoms with Gasteiger partial charge in [-0.1, -0.05) is 6.92 Å². The normalized spacial score (nSPS) is 12.5. The lowest BCUT2D eigenvalue weighted by Gasteiger charge is -2.15. The first-order valence-corrected chi connectivity index (χ1v) is 7.88. The molecule has 10 heteroatoms. The maximum absolute atomic E-state index is 12.6. The van der Waals surface area contributed by atoms with Crippen molar-refractivity contribution >= 4 is 15.6 Å². The SMILES string of the molecule is CCS(=O)(=O)CC(=O)c1ccc(OCC(F)(F)C(F)F)cn1. The summed E-state index contributed by atoms with van der Waals surface area (Å²) in [6.07, 6.45) is -2.98. The lowest BCUT2D eigenvalue weighted by molar-refractivity contribution is -0.148. The van der Waals surface area contributed by atoms with E-state index in [1.165, 1.54) is 6.92 Å². The van der Waals surface area contributed by atoms with Crippen LogP contribution in [-0.4, -0.2) is 49.6 Å². The van der Waals surface area contributed by atoms with E-state index in [0.29, 0.717) is 0 Å². The summed E-state index contributed by atoms with van der Waals surface area (Å²) >= 11 is 0. The molecule has 0 N–H and O–H groups in total. The van der Waals surface area contributed by atoms with Gasteiger partial charge in [0.25, 0.3) is 0 Å². The van der Waals surface area contributed by atoms with Crippen LogP contribution in [0.2, 0.25) is 0 Å². The molecule has 0 aliphatic carbocycles. The summed E-state index contributed by atoms with van der Waals surface area (Å²) in [4.78, 5) is 15.2. The minimum absolute atomic E-state index is 0.190. The third-order valence-electron chi connectivity index (χ3n) is 2.56. The molecule has 0 aliphatic rings. The van der Waals surface area contributed by atoms with Crippen molar-refractivity contribution in [3.05, 3.63) is 24.0 Å². The Morgan fingerprint density at radius 2 is 2.00 bits per heavy atom. The van der Waals surface area contributed by atoms with Crippen molar-refractivity contribution in [2.45, 2.75) is 19.3 Å². The number of rotatable bonds is 8. The zero-order valence-corrected chi connectivity index (χ0v) is 12.2. The number of carbonyl (C=O) groups excluding carboxylic acids is 1. The van der Waals surface area contributed by atoms with Crippen molar-refractivity contribution in [2.24, 2.45) is 0 Å². The number of hydrogen-bond acceptors (Lipinski definition) is 5. The first kappa shape index (κ1) is 18.3. The minimum Gasteiger partial charge on any atom is -0.485 e. The smallest absolute Gasteiger partial charge is 0.340 e. The largest absolute Gasteiger partial charge is 0.485 e. The van der Waals surface area contributed by atoms with Crippen molar-refractivity contribution < 1.29 is 35.5 Å². The molecule has 0 fully saturated rings. The average Bonchev–Trinajstić information content (AvgIpc) is 2.45. The van der Waals surface area contributed by atoms with Crippen LogP contribution >= 0.6 is 0 Å². The van der Waals surface area contributed by atoms with Crippen molar-refractivity contribution in [2.75, 3.05) is 18.1 Å². The lowest BCUT2D eigenvalue weighted by Crippen LogP contribution is -2.33. The van der Waals surface area contributed by atoms with E-state index in [2.05, 4.69) is 9.72 Å². The molecule has 0 unspecified atom stereocenters. The molecule has 1 rings (SSSR count). The second-order valence-corrected chi connectivity index (χ2v) is 6.68. The van der Waals surface area contributed by atoms with E-state index in [4.69, 9.17) is 0 Å². The first-order valence-electron chi connectivity index (χ1n) is 6.06. The standard InChI is InChI=1S/C12H13F4NO4S/c1-2-22(19,20)6-10(18)9-4-3-8(5-17-9)21-7-12(15,16)11(13)14/h3-5,11H,2,6-7H2,1H3. The summed E-state index contributed by atoms with van der Waals surface area (Å²) in [7, 11) is -3.52. The summed E-state index contributed by atoms with van der Waals surface area (Å²) in [6, 6.07) is 2.14. The molecule has 0 amide bonds. The van der Waals surface area contributed by atoms with Crippen LogP contribution in [-0.2, 0) is 9.84 Å². The molecular formula is C12H13F4NO4S. The van der Waals surface area contributed by atoms with Crippen molar-refractivity contribution in [1.29, 1.82) is 0 Å². The van der Waals surface area contributed by atoms with E-state index in [1.54, 1.807) is 0 Å². The molecule has 0 aromatic carbocycles. The van der Waals surface area contributed by atoms with Crippen LogP contribution in [0.25, 0.3) is 0 Å². The van der Waals surface area contributed by atoms with Gasteiger partial charge in [-0.05, 0) is 12.1 Å². The molecule has 1 heterocycles. The molecule has 124 valence electrons. The number of nitrogens with zero attached hydrogens (tertiary/aromatic N) is 1. The van der Waals surface area contributed by atoms with Crippen LogP contribution in [0.4, 0.5) is 17.6 Å². The zero-order chi connectivity index (χ0) is 17.0. The molecule has 0 spiro atoms. The van der Waals surface area contributed by atoms with Crippen LogP contribution in [0.5, 0.6) is 5.75 Å². The minimum atomic E-state index is -4.30. The molecule has 0 bridgehead atoms. The number of ether oxygens (including phenoxy) is 1. The topological polar surface area (TPSA) is 73.3 Å². The Labute approximate surface area is 124 Å². The molecule has 22 heavy (non-hydrogen) atoms. The highest BCUT2D eigenvalue weighted by Gasteiger charge is 2.41. The van der Waals surface area contributed by atoms with Crippen molar-refractivity contribution in [3.63, 3.8) is 0 Å². The summed E-state index contributed by atoms with van der Waals surface area (Å²) in [5.74, 6) is -6.23. The fourth-order valence-corrected chi connectivity index (χ4v) is 2.00. The van der Waals surface area contributed by atoms with Gasteiger partial charge in [-0.2, -0.15) is 8.78 Å². The van der Waals surface area contributed by atoms with Gasteiger partial charge in [0.1, 0.15) is 17.2 Å². The number of carbonyl (C=O) groups is 1. The van der Waals surface area contributed by atoms with Crippen molar-refractivity contribution in [1.82, 2.24) is 4.98 Å². The van der Waals surface area contributed by atoms with Crippen LogP contribution in [0.15, 0.2) is 18.3 Å². The Kier molecular flexibility index (Phi) is 5.86. The average molecular weight is 343 g/mol. The third kappa shape index (κ3) is 5.24. The molecule has 0 atom stereocenters. The molecule has 0 saturated carbocycles. The number of aromatic nitrogens is 1. The fourth-order valence-electron chi connectivity index (χ4n) is 1.25. The Balaban J connectivity index is 2.69. The van der Waals surface area contributed by atoms with E-state index < -0.39 is 40.3 Å². The summed E-state index contributed by atoms with van der Waals surface area (Å²) in [5.41, 5.74) is -0.190. The number of sulfone groups is 1. The Bertz CT molecular complexity index is 617. The zero-order valence-electron chi connectivity index (χ0n) is 11.4. The van der Waals surface area contributed by atoms with Crippen LogP contribution in [0.3, 0.4) is 0 Å². The number of pyridine rings is 1. The predicted molar refractivity (Wildman–Crippen MR) is 69.3 cm³/mol. The molecule has 0 radical (unpaired) electrons. The van der Waals surface area contributed by atoms with E-state index in [9.17, 15) is 30.8 Å². The van der Waals surface area contributed by atoms with Gasteiger partial charge in [0.05, 0.1) is 6.20 Å². The maximum Gasteiger partial charge on any atom is 0.340 e. The Morgan fingerprint density at radius 1 is 1.36 bits per heavy atom. The number of Topliss-reactive ketones (excluding diaryl/α,β-unsaturated/α-hetero) is 1. The number of halogens is 4. The van der Waals surface area contributed by atoms with Gasteiger partial charge in [-0.3, -0.25) is 4.79 Å². The molecule has 0 aliphatic heterocycles. The van der Waals surface area contributed by atoms with E-state index in [1.807, 2.05) is 0 Å². The first-order chi connectivity index (χ1) is 10.1. The van der Waals surface area contributed by atoms with Gasteiger partial charge in [0.15, 0.2) is 22.2 Å². The maximum atomic E-state index is 12.6. The lowest BCUT2D eigenvalue weighted by atomic mass is 10.3. The number of ketones is 1. The molecule has 0 saturated heterocycles. The van der Waals surface area contributed by atoms with E-state index in [-0.39, 0.29) is 17.2 Å². The molecule has 1 aromatic heterocycles. The predicted octanol–water partition coefficient (Wildman–Crippen LogP) is 1.98. The highest BCUT2D eigenvalue weighted by atomic mass is 32.2. The number of hydrogen-bond donors (Lipinski definition) is 0. The fraction of sp³-hybridized carbons (Fsp3) is 0.500. The van der Waals surface area contributed by atoms with E-state index >= 15 is 0 Å². The Morgan fingerprint density at radius 3 is 2.45 bits per heavy atom. The molecule has 5 nitrogen and oxygen atoms in total. The van der Waals surface area contributed by atoms with Gasteiger partial charge < -0.3 is 4.74 Å². The summed E-state index contributed by atoms with van der Waals surface area (Å²) < 4.78 is 76.2. The van der Waals surface area contributed by atoms with Crippen LogP contribution < -0.4 is 4.74 Å². The highest BCUT2D eigenvalue weighted by molar-refractivity contribution is 7.92. The van der Waals surface area contributed by atoms with E-state index in [0.717, 1.165) is 18.3 Å². The summed E-state index contributed by atoms with van der Waals surface area (Å²) in [6.45, 7) is -0.153. The van der Waals surface area contributed by atoms with Gasteiger partial charge in [-0.25, -0.2) is 22.2 Å². The summed E-state index contributed by atoms with van der Waals surface area (Å²) in [5, 5.41) is 0. The second kappa shape index (κ2) is 7.03. The van der Waals surface area contributed by atoms with Gasteiger partial charge >= 0.3 is 12.3 Å². The molecule has 1 aromatic rings. The Hall–Kier alpha value is -1.71. The molecular weight excluding hydrogens is 330 g/mol. The highest BCUT2D eigenvalue weighted by Crippen LogP contribution is 2.24.